The number of esters is 1. The molecule has 4 nitrogen and oxygen atoms in total. The van der Waals surface area contributed by atoms with Gasteiger partial charge in [-0.25, -0.2) is 0 Å². The van der Waals surface area contributed by atoms with Gasteiger partial charge >= 0.3 is 5.97 Å². The van der Waals surface area contributed by atoms with Crippen LogP contribution in [0.3, 0.4) is 0 Å². The summed E-state index contributed by atoms with van der Waals surface area (Å²) < 4.78 is 11.6. The SMILES string of the molecule is CC[C@H](C)C(=O)O[C@H]1CCC=C2C=C[C@H](C)[C@H](CC[C@@H]3CC(=O)C=CO3)[C@H]21. The van der Waals surface area contributed by atoms with E-state index >= 15 is 0 Å². The number of fused-ring (bicyclic) bond motifs is 1. The van der Waals surface area contributed by atoms with E-state index in [1.165, 1.54) is 17.9 Å². The number of allylic oxidation sites excluding steroid dienone is 4. The zero-order chi connectivity index (χ0) is 19.4. The molecule has 3 aliphatic rings. The Hall–Kier alpha value is -1.84. The highest BCUT2D eigenvalue weighted by Crippen LogP contribution is 2.44. The molecule has 0 bridgehead atoms. The van der Waals surface area contributed by atoms with E-state index < -0.39 is 0 Å². The molecule has 0 radical (unpaired) electrons. The molecule has 0 unspecified atom stereocenters. The van der Waals surface area contributed by atoms with E-state index in [0.29, 0.717) is 18.3 Å². The largest absolute Gasteiger partial charge is 0.497 e. The van der Waals surface area contributed by atoms with E-state index in [0.717, 1.165) is 32.1 Å². The Balaban J connectivity index is 1.71. The van der Waals surface area contributed by atoms with Crippen LogP contribution in [-0.2, 0) is 19.1 Å². The van der Waals surface area contributed by atoms with Crippen LogP contribution in [0.25, 0.3) is 0 Å². The summed E-state index contributed by atoms with van der Waals surface area (Å²) >= 11 is 0. The van der Waals surface area contributed by atoms with Crippen LogP contribution in [0, 0.1) is 23.7 Å². The molecule has 0 aromatic heterocycles. The van der Waals surface area contributed by atoms with Gasteiger partial charge in [0.1, 0.15) is 12.2 Å². The fraction of sp³-hybridized carbons (Fsp3) is 0.652. The number of ether oxygens (including phenoxy) is 2. The van der Waals surface area contributed by atoms with Gasteiger partial charge in [-0.2, -0.15) is 0 Å². The summed E-state index contributed by atoms with van der Waals surface area (Å²) in [5.74, 6) is 1.09. The van der Waals surface area contributed by atoms with Crippen LogP contribution in [0.5, 0.6) is 0 Å². The quantitative estimate of drug-likeness (QED) is 0.631. The van der Waals surface area contributed by atoms with Gasteiger partial charge in [-0.3, -0.25) is 9.59 Å². The fourth-order valence-electron chi connectivity index (χ4n) is 4.50. The predicted molar refractivity (Wildman–Crippen MR) is 105 cm³/mol. The third-order valence-electron chi connectivity index (χ3n) is 6.40. The van der Waals surface area contributed by atoms with Crippen molar-refractivity contribution in [2.45, 2.75) is 71.5 Å². The molecule has 0 saturated heterocycles. The van der Waals surface area contributed by atoms with E-state index in [9.17, 15) is 9.59 Å². The average molecular weight is 373 g/mol. The van der Waals surface area contributed by atoms with Gasteiger partial charge in [-0.05, 0) is 49.5 Å². The van der Waals surface area contributed by atoms with E-state index in [2.05, 4.69) is 25.2 Å². The lowest BCUT2D eigenvalue weighted by atomic mass is 9.66. The van der Waals surface area contributed by atoms with E-state index in [-0.39, 0.29) is 35.8 Å². The second kappa shape index (κ2) is 8.90. The third-order valence-corrected chi connectivity index (χ3v) is 6.40. The summed E-state index contributed by atoms with van der Waals surface area (Å²) in [5.41, 5.74) is 1.31. The Labute approximate surface area is 162 Å². The highest BCUT2D eigenvalue weighted by molar-refractivity contribution is 5.90. The maximum atomic E-state index is 12.4. The van der Waals surface area contributed by atoms with Gasteiger partial charge in [-0.15, -0.1) is 0 Å². The van der Waals surface area contributed by atoms with Gasteiger partial charge < -0.3 is 9.47 Å². The van der Waals surface area contributed by atoms with Gasteiger partial charge in [0.2, 0.25) is 0 Å². The van der Waals surface area contributed by atoms with Crippen molar-refractivity contribution >= 4 is 11.8 Å². The number of carbonyl (C=O) groups is 2. The van der Waals surface area contributed by atoms with Crippen LogP contribution in [0.4, 0.5) is 0 Å². The number of hydrogen-bond acceptors (Lipinski definition) is 4. The zero-order valence-electron chi connectivity index (χ0n) is 16.7. The molecule has 1 heterocycles. The van der Waals surface area contributed by atoms with Gasteiger partial charge in [0, 0.05) is 18.4 Å². The molecular formula is C23H32O4. The molecule has 0 spiro atoms. The van der Waals surface area contributed by atoms with Crippen LogP contribution in [0.1, 0.15) is 59.3 Å². The first-order chi connectivity index (χ1) is 13.0. The molecule has 148 valence electrons. The van der Waals surface area contributed by atoms with Crippen LogP contribution in [0.15, 0.2) is 36.1 Å². The molecule has 0 N–H and O–H groups in total. The summed E-state index contributed by atoms with van der Waals surface area (Å²) in [6, 6.07) is 0. The van der Waals surface area contributed by atoms with Gasteiger partial charge in [0.15, 0.2) is 5.78 Å². The minimum Gasteiger partial charge on any atom is -0.497 e. The molecule has 1 aliphatic heterocycles. The first-order valence-electron chi connectivity index (χ1n) is 10.4. The first-order valence-corrected chi connectivity index (χ1v) is 10.4. The molecule has 6 atom stereocenters. The van der Waals surface area contributed by atoms with Crippen molar-refractivity contribution in [2.75, 3.05) is 0 Å². The summed E-state index contributed by atoms with van der Waals surface area (Å²) in [6.45, 7) is 6.20. The predicted octanol–water partition coefficient (Wildman–Crippen LogP) is 4.75. The summed E-state index contributed by atoms with van der Waals surface area (Å²) in [5, 5.41) is 0. The van der Waals surface area contributed by atoms with Crippen molar-refractivity contribution in [1.82, 2.24) is 0 Å². The van der Waals surface area contributed by atoms with Gasteiger partial charge in [-0.1, -0.05) is 39.0 Å². The van der Waals surface area contributed by atoms with Gasteiger partial charge in [0.25, 0.3) is 0 Å². The Morgan fingerprint density at radius 1 is 1.33 bits per heavy atom. The number of ketones is 1. The van der Waals surface area contributed by atoms with Gasteiger partial charge in [0.05, 0.1) is 12.2 Å². The van der Waals surface area contributed by atoms with Crippen LogP contribution in [-0.4, -0.2) is 24.0 Å². The highest BCUT2D eigenvalue weighted by atomic mass is 16.5. The molecule has 0 amide bonds. The normalized spacial score (nSPS) is 33.7. The van der Waals surface area contributed by atoms with E-state index in [1.54, 1.807) is 0 Å². The average Bonchev–Trinajstić information content (AvgIpc) is 2.67. The van der Waals surface area contributed by atoms with Crippen LogP contribution < -0.4 is 0 Å². The molecule has 27 heavy (non-hydrogen) atoms. The second-order valence-electron chi connectivity index (χ2n) is 8.28. The van der Waals surface area contributed by atoms with Crippen LogP contribution >= 0.6 is 0 Å². The monoisotopic (exact) mass is 372 g/mol. The molecule has 2 aliphatic carbocycles. The number of rotatable bonds is 6. The Morgan fingerprint density at radius 3 is 2.89 bits per heavy atom. The first kappa shape index (κ1) is 19.9. The standard InChI is InChI=1S/C23H32O4/c1-4-15(2)23(25)27-21-7-5-6-17-9-8-16(3)20(22(17)21)11-10-19-14-18(24)12-13-26-19/h6,8-9,12-13,15-16,19-22H,4-5,7,10-11,14H2,1-3H3/t15-,16-,19+,20-,21-,22-/m0/s1. The van der Waals surface area contributed by atoms with E-state index in [1.807, 2.05) is 13.8 Å². The van der Waals surface area contributed by atoms with Crippen molar-refractivity contribution in [2.24, 2.45) is 23.7 Å². The highest BCUT2D eigenvalue weighted by Gasteiger charge is 2.40. The smallest absolute Gasteiger partial charge is 0.308 e. The van der Waals surface area contributed by atoms with E-state index in [4.69, 9.17) is 9.47 Å². The minimum atomic E-state index is -0.0731. The summed E-state index contributed by atoms with van der Waals surface area (Å²) in [7, 11) is 0. The zero-order valence-corrected chi connectivity index (χ0v) is 16.7. The Kier molecular flexibility index (Phi) is 6.56. The maximum Gasteiger partial charge on any atom is 0.308 e. The van der Waals surface area contributed by atoms with Crippen molar-refractivity contribution in [3.8, 4) is 0 Å². The second-order valence-corrected chi connectivity index (χ2v) is 8.28. The molecule has 4 heteroatoms. The minimum absolute atomic E-state index is 0.0299. The maximum absolute atomic E-state index is 12.4. The van der Waals surface area contributed by atoms with Crippen LogP contribution in [0.2, 0.25) is 0 Å². The molecule has 3 rings (SSSR count). The lowest BCUT2D eigenvalue weighted by Crippen LogP contribution is -2.40. The van der Waals surface area contributed by atoms with Crippen molar-refractivity contribution in [1.29, 1.82) is 0 Å². The lowest BCUT2D eigenvalue weighted by molar-refractivity contribution is -0.158. The lowest BCUT2D eigenvalue weighted by Gasteiger charge is -2.42. The fourth-order valence-corrected chi connectivity index (χ4v) is 4.50. The molecule has 0 saturated carbocycles. The van der Waals surface area contributed by atoms with Crippen molar-refractivity contribution in [3.05, 3.63) is 36.1 Å². The molecule has 0 fully saturated rings. The molecular weight excluding hydrogens is 340 g/mol. The van der Waals surface area contributed by atoms with Crippen molar-refractivity contribution in [3.63, 3.8) is 0 Å². The molecule has 0 aromatic carbocycles. The topological polar surface area (TPSA) is 52.6 Å². The summed E-state index contributed by atoms with van der Waals surface area (Å²) in [4.78, 5) is 24.1. The number of hydrogen-bond donors (Lipinski definition) is 0. The summed E-state index contributed by atoms with van der Waals surface area (Å²) in [6.07, 6.45) is 14.7. The Bertz CT molecular complexity index is 645. The van der Waals surface area contributed by atoms with Crippen molar-refractivity contribution < 1.29 is 19.1 Å². The number of carbonyl (C=O) groups excluding carboxylic acids is 2. The third kappa shape index (κ3) is 4.72. The Morgan fingerprint density at radius 2 is 2.15 bits per heavy atom. The molecule has 0 aromatic rings.